The summed E-state index contributed by atoms with van der Waals surface area (Å²) in [5.41, 5.74) is 0. The molecule has 1 heterocycles. The zero-order chi connectivity index (χ0) is 5.98. The van der Waals surface area contributed by atoms with Crippen molar-refractivity contribution in [2.45, 2.75) is 12.5 Å². The van der Waals surface area contributed by atoms with Crippen molar-refractivity contribution >= 4 is 14.0 Å². The summed E-state index contributed by atoms with van der Waals surface area (Å²) in [6, 6.07) is -0.0463. The summed E-state index contributed by atoms with van der Waals surface area (Å²) in [6.07, 6.45) is 0.815. The Morgan fingerprint density at radius 1 is 1.88 bits per heavy atom. The third kappa shape index (κ3) is 0.840. The predicted molar refractivity (Wildman–Crippen MR) is 31.0 cm³/mol. The van der Waals surface area contributed by atoms with Crippen molar-refractivity contribution in [1.29, 1.82) is 0 Å². The molecule has 0 aromatic carbocycles. The van der Waals surface area contributed by atoms with Gasteiger partial charge in [-0.3, -0.25) is 4.79 Å². The average molecular weight is 113 g/mol. The van der Waals surface area contributed by atoms with Crippen LogP contribution in [0.2, 0.25) is 0 Å². The van der Waals surface area contributed by atoms with E-state index in [4.69, 9.17) is 0 Å². The molecule has 1 atom stereocenters. The molecule has 0 saturated carbocycles. The van der Waals surface area contributed by atoms with Crippen molar-refractivity contribution in [2.75, 3.05) is 6.61 Å². The summed E-state index contributed by atoms with van der Waals surface area (Å²) in [5.74, 6) is -0.118. The molecule has 1 aliphatic rings. The van der Waals surface area contributed by atoms with Crippen LogP contribution in [-0.4, -0.2) is 26.6 Å². The van der Waals surface area contributed by atoms with Crippen LogP contribution in [0, 0.1) is 0 Å². The van der Waals surface area contributed by atoms with E-state index in [1.54, 1.807) is 7.98 Å². The Morgan fingerprint density at radius 2 is 2.62 bits per heavy atom. The Bertz CT molecular complexity index is 106. The Kier molecular flexibility index (Phi) is 1.53. The van der Waals surface area contributed by atoms with E-state index in [0.29, 0.717) is 6.61 Å². The minimum Gasteiger partial charge on any atom is -0.464 e. The number of carbonyl (C=O) groups is 1. The van der Waals surface area contributed by atoms with Crippen LogP contribution in [-0.2, 0) is 9.53 Å². The fraction of sp³-hybridized carbons (Fsp3) is 0.750. The van der Waals surface area contributed by atoms with Gasteiger partial charge in [-0.25, -0.2) is 0 Å². The third-order valence-corrected chi connectivity index (χ3v) is 1.28. The molecule has 0 amide bonds. The van der Waals surface area contributed by atoms with Gasteiger partial charge in [-0.05, 0) is 0 Å². The van der Waals surface area contributed by atoms with E-state index in [9.17, 15) is 4.79 Å². The fourth-order valence-electron chi connectivity index (χ4n) is 0.758. The normalized spacial score (nSPS) is 28.0. The van der Waals surface area contributed by atoms with Crippen LogP contribution in [0.25, 0.3) is 0 Å². The summed E-state index contributed by atoms with van der Waals surface area (Å²) in [4.78, 5) is 10.5. The number of rotatable bonds is 1. The second kappa shape index (κ2) is 2.18. The Morgan fingerprint density at radius 3 is 2.88 bits per heavy atom. The van der Waals surface area contributed by atoms with Crippen molar-refractivity contribution in [3.8, 4) is 0 Å². The van der Waals surface area contributed by atoms with Crippen molar-refractivity contribution in [1.82, 2.24) is 5.23 Å². The third-order valence-electron chi connectivity index (χ3n) is 1.28. The lowest BCUT2D eigenvalue weighted by atomic mass is 10.2. The quantitative estimate of drug-likeness (QED) is 0.330. The molecule has 4 heteroatoms. The van der Waals surface area contributed by atoms with Crippen LogP contribution in [0.1, 0.15) is 6.42 Å². The highest BCUT2D eigenvalue weighted by Gasteiger charge is 2.23. The molecule has 1 saturated heterocycles. The maximum absolute atomic E-state index is 10.5. The van der Waals surface area contributed by atoms with Gasteiger partial charge in [-0.15, -0.1) is 0 Å². The first-order valence-electron chi connectivity index (χ1n) is 2.68. The minimum atomic E-state index is -0.118. The molecule has 3 nitrogen and oxygen atoms in total. The number of hydrogen-bond donors (Lipinski definition) is 1. The van der Waals surface area contributed by atoms with Gasteiger partial charge in [0.25, 0.3) is 0 Å². The molecule has 0 radical (unpaired) electrons. The highest BCUT2D eigenvalue weighted by Crippen LogP contribution is 2.03. The van der Waals surface area contributed by atoms with Gasteiger partial charge in [0.2, 0.25) is 0 Å². The molecule has 1 N–H and O–H groups in total. The van der Waals surface area contributed by atoms with Gasteiger partial charge < -0.3 is 9.96 Å². The number of hydrogen-bond acceptors (Lipinski definition) is 3. The van der Waals surface area contributed by atoms with Gasteiger partial charge in [0.1, 0.15) is 0 Å². The molecule has 1 rings (SSSR count). The molecule has 1 aliphatic heterocycles. The van der Waals surface area contributed by atoms with Crippen LogP contribution < -0.4 is 5.23 Å². The zero-order valence-corrected chi connectivity index (χ0v) is 4.81. The zero-order valence-electron chi connectivity index (χ0n) is 4.81. The second-order valence-corrected chi connectivity index (χ2v) is 1.80. The molecule has 0 aliphatic carbocycles. The molecule has 0 aromatic rings. The van der Waals surface area contributed by atoms with Crippen molar-refractivity contribution < 1.29 is 9.53 Å². The first-order chi connectivity index (χ1) is 3.84. The number of carbonyl (C=O) groups excluding carboxylic acids is 1. The first kappa shape index (κ1) is 5.63. The predicted octanol–water partition coefficient (Wildman–Crippen LogP) is -1.56. The van der Waals surface area contributed by atoms with E-state index in [-0.39, 0.29) is 12.0 Å². The van der Waals surface area contributed by atoms with E-state index in [1.165, 1.54) is 0 Å². The molecule has 1 fully saturated rings. The lowest BCUT2D eigenvalue weighted by Crippen LogP contribution is -2.30. The van der Waals surface area contributed by atoms with Gasteiger partial charge in [-0.2, -0.15) is 0 Å². The Hall–Kier alpha value is -0.505. The molecule has 44 valence electrons. The van der Waals surface area contributed by atoms with Gasteiger partial charge in [0.05, 0.1) is 12.6 Å². The number of ether oxygens (including phenoxy) is 1. The maximum Gasteiger partial charge on any atom is 0.322 e. The monoisotopic (exact) mass is 113 g/mol. The maximum atomic E-state index is 10.5. The number of esters is 1. The van der Waals surface area contributed by atoms with Crippen LogP contribution in [0.15, 0.2) is 0 Å². The molecule has 0 spiro atoms. The second-order valence-electron chi connectivity index (χ2n) is 1.80. The number of cyclic esters (lactones) is 1. The van der Waals surface area contributed by atoms with E-state index in [2.05, 4.69) is 9.96 Å². The smallest absolute Gasteiger partial charge is 0.322 e. The number of nitrogens with one attached hydrogen (secondary N) is 1. The van der Waals surface area contributed by atoms with E-state index in [0.717, 1.165) is 6.42 Å². The van der Waals surface area contributed by atoms with Gasteiger partial charge >= 0.3 is 5.97 Å². The minimum absolute atomic E-state index is 0.0463. The molecule has 8 heavy (non-hydrogen) atoms. The molecule has 0 bridgehead atoms. The Balaban J connectivity index is 2.42. The van der Waals surface area contributed by atoms with E-state index in [1.807, 2.05) is 0 Å². The fourth-order valence-corrected chi connectivity index (χ4v) is 0.758. The highest BCUT2D eigenvalue weighted by molar-refractivity contribution is 6.06. The topological polar surface area (TPSA) is 38.3 Å². The van der Waals surface area contributed by atoms with Gasteiger partial charge in [0, 0.05) is 6.42 Å². The molecular weight excluding hydrogens is 105 g/mol. The summed E-state index contributed by atoms with van der Waals surface area (Å²) >= 11 is 0. The average Bonchev–Trinajstić information content (AvgIpc) is 2.14. The van der Waals surface area contributed by atoms with E-state index < -0.39 is 0 Å². The lowest BCUT2D eigenvalue weighted by Gasteiger charge is -1.99. The van der Waals surface area contributed by atoms with Crippen LogP contribution in [0.4, 0.5) is 0 Å². The standard InChI is InChI=1S/C4H8BNO2/c5-6-3-1-2-8-4(3)7/h3,6H,1-2,5H2. The summed E-state index contributed by atoms with van der Waals surface area (Å²) in [5, 5.41) is 2.84. The summed E-state index contributed by atoms with van der Waals surface area (Å²) < 4.78 is 4.65. The highest BCUT2D eigenvalue weighted by atomic mass is 16.5. The van der Waals surface area contributed by atoms with Crippen molar-refractivity contribution in [3.63, 3.8) is 0 Å². The van der Waals surface area contributed by atoms with Gasteiger partial charge in [-0.1, -0.05) is 0 Å². The van der Waals surface area contributed by atoms with Crippen LogP contribution in [0.3, 0.4) is 0 Å². The van der Waals surface area contributed by atoms with Crippen molar-refractivity contribution in [2.24, 2.45) is 0 Å². The largest absolute Gasteiger partial charge is 0.464 e. The Labute approximate surface area is 48.8 Å². The van der Waals surface area contributed by atoms with Gasteiger partial charge in [0.15, 0.2) is 7.98 Å². The SMILES string of the molecule is BNC1CCOC1=O. The molecular formula is C4H8BNO2. The first-order valence-corrected chi connectivity index (χ1v) is 2.68. The summed E-state index contributed by atoms with van der Waals surface area (Å²) in [7, 11) is 1.76. The van der Waals surface area contributed by atoms with Crippen LogP contribution in [0.5, 0.6) is 0 Å². The van der Waals surface area contributed by atoms with E-state index >= 15 is 0 Å². The van der Waals surface area contributed by atoms with Crippen LogP contribution >= 0.6 is 0 Å². The molecule has 1 unspecified atom stereocenters. The molecule has 0 aromatic heterocycles. The lowest BCUT2D eigenvalue weighted by molar-refractivity contribution is -0.139. The summed E-state index contributed by atoms with van der Waals surface area (Å²) in [6.45, 7) is 0.574. The van der Waals surface area contributed by atoms with Crippen molar-refractivity contribution in [3.05, 3.63) is 0 Å².